The number of methoxy groups -OCH3 is 1. The maximum atomic E-state index is 11.9. The average molecular weight is 324 g/mol. The van der Waals surface area contributed by atoms with E-state index in [-0.39, 0.29) is 24.5 Å². The second-order valence-corrected chi connectivity index (χ2v) is 5.72. The molecule has 0 saturated carbocycles. The Balaban J connectivity index is 0.00000176. The maximum Gasteiger partial charge on any atom is 0.331 e. The van der Waals surface area contributed by atoms with Gasteiger partial charge in [0.1, 0.15) is 11.9 Å². The number of halogens is 1. The molecular weight excluding hydrogens is 302 g/mol. The summed E-state index contributed by atoms with van der Waals surface area (Å²) in [6.45, 7) is 3.20. The van der Waals surface area contributed by atoms with Crippen LogP contribution in [0.1, 0.15) is 18.4 Å². The highest BCUT2D eigenvalue weighted by Crippen LogP contribution is 2.29. The van der Waals surface area contributed by atoms with Gasteiger partial charge in [0, 0.05) is 12.6 Å². The van der Waals surface area contributed by atoms with Gasteiger partial charge in [-0.25, -0.2) is 4.79 Å². The lowest BCUT2D eigenvalue weighted by Crippen LogP contribution is -2.51. The molecule has 4 nitrogen and oxygen atoms in total. The normalized spacial score (nSPS) is 26.5. The van der Waals surface area contributed by atoms with E-state index in [2.05, 4.69) is 4.90 Å². The quantitative estimate of drug-likeness (QED) is 0.631. The summed E-state index contributed by atoms with van der Waals surface area (Å²) in [5.41, 5.74) is 0.960. The van der Waals surface area contributed by atoms with Gasteiger partial charge in [0.15, 0.2) is 0 Å². The van der Waals surface area contributed by atoms with Crippen LogP contribution < -0.4 is 4.74 Å². The summed E-state index contributed by atoms with van der Waals surface area (Å²) in [6, 6.07) is 7.57. The van der Waals surface area contributed by atoms with Gasteiger partial charge >= 0.3 is 5.97 Å². The highest BCUT2D eigenvalue weighted by atomic mass is 35.5. The number of hydrogen-bond acceptors (Lipinski definition) is 4. The molecule has 1 atom stereocenters. The number of piperidine rings is 3. The van der Waals surface area contributed by atoms with Gasteiger partial charge in [0.05, 0.1) is 7.11 Å². The first-order valence-electron chi connectivity index (χ1n) is 7.50. The smallest absolute Gasteiger partial charge is 0.331 e. The van der Waals surface area contributed by atoms with Gasteiger partial charge in [0.25, 0.3) is 0 Å². The molecule has 120 valence electrons. The van der Waals surface area contributed by atoms with E-state index in [0.29, 0.717) is 5.92 Å². The van der Waals surface area contributed by atoms with E-state index < -0.39 is 0 Å². The Kier molecular flexibility index (Phi) is 5.86. The van der Waals surface area contributed by atoms with E-state index in [4.69, 9.17) is 9.47 Å². The second-order valence-electron chi connectivity index (χ2n) is 5.72. The number of carbonyl (C=O) groups excluding carboxylic acids is 1. The van der Waals surface area contributed by atoms with Crippen LogP contribution >= 0.6 is 12.4 Å². The van der Waals surface area contributed by atoms with Gasteiger partial charge in [-0.2, -0.15) is 0 Å². The third-order valence-corrected chi connectivity index (χ3v) is 4.39. The lowest BCUT2D eigenvalue weighted by atomic mass is 9.86. The van der Waals surface area contributed by atoms with E-state index in [1.165, 1.54) is 6.08 Å². The zero-order chi connectivity index (χ0) is 14.7. The minimum atomic E-state index is -0.246. The monoisotopic (exact) mass is 323 g/mol. The van der Waals surface area contributed by atoms with Crippen molar-refractivity contribution in [1.29, 1.82) is 0 Å². The number of benzene rings is 1. The molecule has 0 N–H and O–H groups in total. The van der Waals surface area contributed by atoms with Crippen molar-refractivity contribution < 1.29 is 14.3 Å². The topological polar surface area (TPSA) is 38.8 Å². The molecule has 1 aromatic carbocycles. The van der Waals surface area contributed by atoms with Gasteiger partial charge in [-0.1, -0.05) is 12.1 Å². The van der Waals surface area contributed by atoms with Crippen molar-refractivity contribution in [3.8, 4) is 5.75 Å². The van der Waals surface area contributed by atoms with Crippen LogP contribution in [0.15, 0.2) is 30.3 Å². The third-order valence-electron chi connectivity index (χ3n) is 4.39. The Hall–Kier alpha value is -1.52. The van der Waals surface area contributed by atoms with Crippen LogP contribution in [-0.2, 0) is 9.53 Å². The van der Waals surface area contributed by atoms with E-state index in [1.54, 1.807) is 13.2 Å². The molecule has 0 spiro atoms. The molecule has 3 saturated heterocycles. The molecule has 3 heterocycles. The molecule has 0 amide bonds. The molecule has 3 fully saturated rings. The van der Waals surface area contributed by atoms with E-state index >= 15 is 0 Å². The van der Waals surface area contributed by atoms with E-state index in [0.717, 1.165) is 43.8 Å². The largest absolute Gasteiger partial charge is 0.497 e. The van der Waals surface area contributed by atoms with Gasteiger partial charge in [-0.05, 0) is 55.6 Å². The summed E-state index contributed by atoms with van der Waals surface area (Å²) in [6.07, 6.45) is 5.67. The number of ether oxygens (including phenoxy) is 2. The van der Waals surface area contributed by atoms with E-state index in [9.17, 15) is 4.79 Å². The van der Waals surface area contributed by atoms with Crippen LogP contribution in [0.4, 0.5) is 0 Å². The summed E-state index contributed by atoms with van der Waals surface area (Å²) in [4.78, 5) is 14.3. The first-order chi connectivity index (χ1) is 10.2. The standard InChI is InChI=1S/C17H21NO3.ClH/c1-20-15-5-2-13(3-6-15)4-7-17(19)21-16-12-18-10-8-14(16)9-11-18;/h2-7,14,16H,8-12H2,1H3;1H. The lowest BCUT2D eigenvalue weighted by Gasteiger charge is -2.43. The molecule has 1 unspecified atom stereocenters. The van der Waals surface area contributed by atoms with Crippen LogP contribution in [0, 0.1) is 5.92 Å². The summed E-state index contributed by atoms with van der Waals surface area (Å²) < 4.78 is 10.7. The Morgan fingerprint density at radius 1 is 1.23 bits per heavy atom. The number of fused-ring (bicyclic) bond motifs is 3. The number of carbonyl (C=O) groups is 1. The van der Waals surface area contributed by atoms with Crippen LogP contribution in [0.3, 0.4) is 0 Å². The van der Waals surface area contributed by atoms with Crippen molar-refractivity contribution in [3.05, 3.63) is 35.9 Å². The number of esters is 1. The summed E-state index contributed by atoms with van der Waals surface area (Å²) in [5.74, 6) is 1.11. The zero-order valence-corrected chi connectivity index (χ0v) is 13.6. The van der Waals surface area contributed by atoms with Gasteiger partial charge in [0.2, 0.25) is 0 Å². The molecule has 5 heteroatoms. The van der Waals surface area contributed by atoms with Crippen molar-refractivity contribution in [3.63, 3.8) is 0 Å². The molecule has 3 aliphatic heterocycles. The molecule has 22 heavy (non-hydrogen) atoms. The Bertz CT molecular complexity index is 521. The fourth-order valence-corrected chi connectivity index (χ4v) is 3.11. The van der Waals surface area contributed by atoms with Crippen LogP contribution in [-0.4, -0.2) is 43.7 Å². The number of hydrogen-bond donors (Lipinski definition) is 0. The summed E-state index contributed by atoms with van der Waals surface area (Å²) in [5, 5.41) is 0. The summed E-state index contributed by atoms with van der Waals surface area (Å²) in [7, 11) is 1.64. The average Bonchev–Trinajstić information content (AvgIpc) is 2.54. The highest BCUT2D eigenvalue weighted by Gasteiger charge is 2.36. The van der Waals surface area contributed by atoms with Crippen LogP contribution in [0.5, 0.6) is 5.75 Å². The Morgan fingerprint density at radius 2 is 1.91 bits per heavy atom. The van der Waals surface area contributed by atoms with Gasteiger partial charge in [-0.15, -0.1) is 12.4 Å². The first kappa shape index (κ1) is 16.8. The third kappa shape index (κ3) is 4.02. The Labute approximate surface area is 137 Å². The maximum absolute atomic E-state index is 11.9. The molecule has 0 aromatic heterocycles. The first-order valence-corrected chi connectivity index (χ1v) is 7.50. The summed E-state index contributed by atoms with van der Waals surface area (Å²) >= 11 is 0. The molecule has 3 aliphatic rings. The fraction of sp³-hybridized carbons (Fsp3) is 0.471. The molecule has 1 aromatic rings. The minimum Gasteiger partial charge on any atom is -0.497 e. The molecule has 0 aliphatic carbocycles. The van der Waals surface area contributed by atoms with E-state index in [1.807, 2.05) is 24.3 Å². The molecule has 2 bridgehead atoms. The van der Waals surface area contributed by atoms with Crippen molar-refractivity contribution in [1.82, 2.24) is 4.90 Å². The predicted octanol–water partition coefficient (Wildman–Crippen LogP) is 2.77. The highest BCUT2D eigenvalue weighted by molar-refractivity contribution is 5.87. The van der Waals surface area contributed by atoms with Crippen molar-refractivity contribution in [2.45, 2.75) is 18.9 Å². The molecule has 0 radical (unpaired) electrons. The molecule has 4 rings (SSSR count). The fourth-order valence-electron chi connectivity index (χ4n) is 3.11. The van der Waals surface area contributed by atoms with Crippen LogP contribution in [0.25, 0.3) is 6.08 Å². The van der Waals surface area contributed by atoms with Crippen molar-refractivity contribution in [2.24, 2.45) is 5.92 Å². The van der Waals surface area contributed by atoms with Crippen LogP contribution in [0.2, 0.25) is 0 Å². The Morgan fingerprint density at radius 3 is 2.45 bits per heavy atom. The van der Waals surface area contributed by atoms with Crippen molar-refractivity contribution in [2.75, 3.05) is 26.7 Å². The molecular formula is C17H22ClNO3. The second kappa shape index (κ2) is 7.65. The predicted molar refractivity (Wildman–Crippen MR) is 88.3 cm³/mol. The SMILES string of the molecule is COc1ccc(C=CC(=O)OC2CN3CCC2CC3)cc1.Cl. The van der Waals surface area contributed by atoms with Gasteiger partial charge < -0.3 is 9.47 Å². The number of rotatable bonds is 4. The zero-order valence-electron chi connectivity index (χ0n) is 12.7. The minimum absolute atomic E-state index is 0. The van der Waals surface area contributed by atoms with Crippen molar-refractivity contribution >= 4 is 24.5 Å². The number of nitrogens with zero attached hydrogens (tertiary/aromatic N) is 1. The lowest BCUT2D eigenvalue weighted by molar-refractivity contribution is -0.152. The van der Waals surface area contributed by atoms with Gasteiger partial charge in [-0.3, -0.25) is 4.90 Å².